The number of rotatable bonds is 7. The second-order valence-corrected chi connectivity index (χ2v) is 8.11. The lowest BCUT2D eigenvalue weighted by atomic mass is 10.1. The molecule has 0 unspecified atom stereocenters. The van der Waals surface area contributed by atoms with Crippen molar-refractivity contribution in [1.82, 2.24) is 9.55 Å². The summed E-state index contributed by atoms with van der Waals surface area (Å²) in [4.78, 5) is 17.5. The molecule has 0 bridgehead atoms. The van der Waals surface area contributed by atoms with Gasteiger partial charge < -0.3 is 9.47 Å². The number of halogens is 3. The third kappa shape index (κ3) is 4.73. The standard InChI is InChI=1S/C24H21F3N2O3S/c1-3-31-19-9-8-16(11-20(19)32-4-2)18-13-33-22-21(18)28-14-29(23(22)30)12-15-6-5-7-17(10-15)24(25,26)27/h5-11,13-14H,3-4,12H2,1-2H3. The first-order chi connectivity index (χ1) is 15.8. The lowest BCUT2D eigenvalue weighted by Gasteiger charge is -2.12. The lowest BCUT2D eigenvalue weighted by molar-refractivity contribution is -0.137. The van der Waals surface area contributed by atoms with E-state index in [1.165, 1.54) is 28.3 Å². The summed E-state index contributed by atoms with van der Waals surface area (Å²) in [5, 5.41) is 1.85. The second-order valence-electron chi connectivity index (χ2n) is 7.23. The zero-order chi connectivity index (χ0) is 23.6. The smallest absolute Gasteiger partial charge is 0.416 e. The highest BCUT2D eigenvalue weighted by molar-refractivity contribution is 7.17. The minimum absolute atomic E-state index is 0.00350. The van der Waals surface area contributed by atoms with E-state index in [2.05, 4.69) is 4.98 Å². The van der Waals surface area contributed by atoms with Crippen molar-refractivity contribution in [1.29, 1.82) is 0 Å². The van der Waals surface area contributed by atoms with Gasteiger partial charge in [-0.2, -0.15) is 13.2 Å². The molecule has 2 aromatic heterocycles. The van der Waals surface area contributed by atoms with Crippen molar-refractivity contribution < 1.29 is 22.6 Å². The molecule has 0 saturated carbocycles. The van der Waals surface area contributed by atoms with Gasteiger partial charge in [-0.3, -0.25) is 9.36 Å². The molecule has 4 aromatic rings. The van der Waals surface area contributed by atoms with E-state index in [-0.39, 0.29) is 12.1 Å². The normalized spacial score (nSPS) is 11.7. The highest BCUT2D eigenvalue weighted by Gasteiger charge is 2.30. The zero-order valence-electron chi connectivity index (χ0n) is 18.0. The van der Waals surface area contributed by atoms with E-state index in [9.17, 15) is 18.0 Å². The number of benzene rings is 2. The van der Waals surface area contributed by atoms with Crippen LogP contribution in [0.1, 0.15) is 25.0 Å². The Hall–Kier alpha value is -3.33. The summed E-state index contributed by atoms with van der Waals surface area (Å²) in [6, 6.07) is 10.5. The van der Waals surface area contributed by atoms with Crippen LogP contribution in [0.3, 0.4) is 0 Å². The van der Waals surface area contributed by atoms with Crippen molar-refractivity contribution in [2.24, 2.45) is 0 Å². The highest BCUT2D eigenvalue weighted by Crippen LogP contribution is 2.37. The maximum Gasteiger partial charge on any atom is 0.416 e. The number of nitrogens with zero attached hydrogens (tertiary/aromatic N) is 2. The van der Waals surface area contributed by atoms with Gasteiger partial charge in [-0.25, -0.2) is 4.98 Å². The van der Waals surface area contributed by atoms with Crippen LogP contribution in [0.25, 0.3) is 21.3 Å². The largest absolute Gasteiger partial charge is 0.490 e. The number of ether oxygens (including phenoxy) is 2. The van der Waals surface area contributed by atoms with Crippen LogP contribution in [0.2, 0.25) is 0 Å². The molecule has 0 fully saturated rings. The van der Waals surface area contributed by atoms with Crippen molar-refractivity contribution in [2.75, 3.05) is 13.2 Å². The molecule has 4 rings (SSSR count). The number of thiophene rings is 1. The van der Waals surface area contributed by atoms with Gasteiger partial charge in [0.05, 0.1) is 37.2 Å². The Morgan fingerprint density at radius 2 is 1.79 bits per heavy atom. The van der Waals surface area contributed by atoms with Crippen LogP contribution < -0.4 is 15.0 Å². The lowest BCUT2D eigenvalue weighted by Crippen LogP contribution is -2.20. The Kier molecular flexibility index (Phi) is 6.42. The van der Waals surface area contributed by atoms with E-state index in [1.807, 2.05) is 37.4 Å². The van der Waals surface area contributed by atoms with Crippen LogP contribution in [0.5, 0.6) is 11.5 Å². The van der Waals surface area contributed by atoms with Gasteiger partial charge >= 0.3 is 6.18 Å². The van der Waals surface area contributed by atoms with E-state index < -0.39 is 11.7 Å². The second kappa shape index (κ2) is 9.27. The molecule has 0 radical (unpaired) electrons. The molecule has 0 amide bonds. The summed E-state index contributed by atoms with van der Waals surface area (Å²) in [6.07, 6.45) is -3.07. The van der Waals surface area contributed by atoms with Crippen LogP contribution in [-0.2, 0) is 12.7 Å². The molecule has 33 heavy (non-hydrogen) atoms. The maximum absolute atomic E-state index is 13.0. The van der Waals surface area contributed by atoms with E-state index >= 15 is 0 Å². The van der Waals surface area contributed by atoms with Crippen LogP contribution in [-0.4, -0.2) is 22.8 Å². The fourth-order valence-electron chi connectivity index (χ4n) is 3.52. The van der Waals surface area contributed by atoms with E-state index in [4.69, 9.17) is 9.47 Å². The predicted molar refractivity (Wildman–Crippen MR) is 122 cm³/mol. The molecule has 0 spiro atoms. The van der Waals surface area contributed by atoms with E-state index in [0.29, 0.717) is 40.5 Å². The minimum Gasteiger partial charge on any atom is -0.490 e. The van der Waals surface area contributed by atoms with Gasteiger partial charge in [-0.1, -0.05) is 18.2 Å². The molecule has 0 N–H and O–H groups in total. The molecule has 0 aliphatic carbocycles. The van der Waals surface area contributed by atoms with E-state index in [1.54, 1.807) is 6.07 Å². The molecule has 2 heterocycles. The molecule has 9 heteroatoms. The Labute approximate surface area is 192 Å². The number of hydrogen-bond acceptors (Lipinski definition) is 5. The van der Waals surface area contributed by atoms with Gasteiger partial charge in [0.25, 0.3) is 5.56 Å². The molecule has 0 atom stereocenters. The molecule has 172 valence electrons. The summed E-state index contributed by atoms with van der Waals surface area (Å²) >= 11 is 1.25. The van der Waals surface area contributed by atoms with Crippen molar-refractivity contribution in [3.8, 4) is 22.6 Å². The van der Waals surface area contributed by atoms with E-state index in [0.717, 1.165) is 23.3 Å². The number of hydrogen-bond donors (Lipinski definition) is 0. The molecule has 5 nitrogen and oxygen atoms in total. The van der Waals surface area contributed by atoms with Gasteiger partial charge in [-0.05, 0) is 49.2 Å². The Morgan fingerprint density at radius 3 is 2.52 bits per heavy atom. The first kappa shape index (κ1) is 22.8. The molecule has 0 aliphatic rings. The van der Waals surface area contributed by atoms with Crippen LogP contribution >= 0.6 is 11.3 Å². The number of alkyl halides is 3. The summed E-state index contributed by atoms with van der Waals surface area (Å²) in [5.74, 6) is 1.24. The number of fused-ring (bicyclic) bond motifs is 1. The summed E-state index contributed by atoms with van der Waals surface area (Å²) in [6.45, 7) is 4.76. The van der Waals surface area contributed by atoms with Crippen LogP contribution in [0, 0.1) is 0 Å². The first-order valence-corrected chi connectivity index (χ1v) is 11.2. The summed E-state index contributed by atoms with van der Waals surface area (Å²) in [5.41, 5.74) is 1.47. The van der Waals surface area contributed by atoms with Crippen molar-refractivity contribution in [3.63, 3.8) is 0 Å². The third-order valence-corrected chi connectivity index (χ3v) is 5.96. The topological polar surface area (TPSA) is 53.4 Å². The number of aromatic nitrogens is 2. The van der Waals surface area contributed by atoms with Gasteiger partial charge in [0.15, 0.2) is 11.5 Å². The Balaban J connectivity index is 1.70. The quantitative estimate of drug-likeness (QED) is 0.330. The average Bonchev–Trinajstić information content (AvgIpc) is 3.22. The van der Waals surface area contributed by atoms with Crippen LogP contribution in [0.4, 0.5) is 13.2 Å². The Morgan fingerprint density at radius 1 is 1.03 bits per heavy atom. The summed E-state index contributed by atoms with van der Waals surface area (Å²) < 4.78 is 52.1. The average molecular weight is 475 g/mol. The molecule has 2 aromatic carbocycles. The fraction of sp³-hybridized carbons (Fsp3) is 0.250. The predicted octanol–water partition coefficient (Wildman–Crippen LogP) is 5.99. The molecule has 0 saturated heterocycles. The van der Waals surface area contributed by atoms with Crippen molar-refractivity contribution >= 4 is 21.6 Å². The molecular weight excluding hydrogens is 453 g/mol. The van der Waals surface area contributed by atoms with Gasteiger partial charge in [-0.15, -0.1) is 11.3 Å². The van der Waals surface area contributed by atoms with Gasteiger partial charge in [0, 0.05) is 10.9 Å². The van der Waals surface area contributed by atoms with Crippen molar-refractivity contribution in [3.05, 3.63) is 75.7 Å². The minimum atomic E-state index is -4.44. The molecular formula is C24H21F3N2O3S. The van der Waals surface area contributed by atoms with Crippen molar-refractivity contribution in [2.45, 2.75) is 26.6 Å². The third-order valence-electron chi connectivity index (χ3n) is 5.01. The first-order valence-electron chi connectivity index (χ1n) is 10.3. The highest BCUT2D eigenvalue weighted by atomic mass is 32.1. The maximum atomic E-state index is 13.0. The van der Waals surface area contributed by atoms with Gasteiger partial charge in [0.1, 0.15) is 4.70 Å². The summed E-state index contributed by atoms with van der Waals surface area (Å²) in [7, 11) is 0. The SMILES string of the molecule is CCOc1ccc(-c2csc3c(=O)n(Cc4cccc(C(F)(F)F)c4)cnc23)cc1OCC. The molecule has 0 aliphatic heterocycles. The van der Waals surface area contributed by atoms with Gasteiger partial charge in [0.2, 0.25) is 0 Å². The Bertz CT molecular complexity index is 1350. The zero-order valence-corrected chi connectivity index (χ0v) is 18.8. The van der Waals surface area contributed by atoms with Crippen LogP contribution in [0.15, 0.2) is 59.0 Å². The fourth-order valence-corrected chi connectivity index (χ4v) is 4.50. The monoisotopic (exact) mass is 474 g/mol.